The van der Waals surface area contributed by atoms with E-state index in [1.165, 1.54) is 0 Å². The predicted molar refractivity (Wildman–Crippen MR) is 75.7 cm³/mol. The summed E-state index contributed by atoms with van der Waals surface area (Å²) in [6, 6.07) is 7.80. The number of nitrogen functional groups attached to an aromatic ring is 1. The Hall–Kier alpha value is -1.81. The van der Waals surface area contributed by atoms with Crippen LogP contribution in [0.1, 0.15) is 13.8 Å². The average Bonchev–Trinajstić information content (AvgIpc) is 2.39. The van der Waals surface area contributed by atoms with Crippen LogP contribution >= 0.6 is 0 Å². The smallest absolute Gasteiger partial charge is 0.0951 e. The lowest BCUT2D eigenvalue weighted by Gasteiger charge is -2.15. The second-order valence-corrected chi connectivity index (χ2v) is 4.25. The van der Waals surface area contributed by atoms with Gasteiger partial charge in [0.1, 0.15) is 0 Å². The number of rotatable bonds is 5. The summed E-state index contributed by atoms with van der Waals surface area (Å²) in [5.41, 5.74) is 8.50. The van der Waals surface area contributed by atoms with Crippen LogP contribution in [-0.4, -0.2) is 24.2 Å². The molecule has 1 unspecified atom stereocenters. The van der Waals surface area contributed by atoms with Crippen molar-refractivity contribution in [3.05, 3.63) is 30.5 Å². The minimum atomic E-state index is 0.180. The van der Waals surface area contributed by atoms with E-state index in [0.29, 0.717) is 5.69 Å². The Morgan fingerprint density at radius 2 is 2.22 bits per heavy atom. The molecule has 0 aliphatic heterocycles. The van der Waals surface area contributed by atoms with Gasteiger partial charge in [0, 0.05) is 30.4 Å². The van der Waals surface area contributed by atoms with Gasteiger partial charge in [0.15, 0.2) is 0 Å². The highest BCUT2D eigenvalue weighted by Gasteiger charge is 2.06. The van der Waals surface area contributed by atoms with E-state index in [0.717, 1.165) is 29.7 Å². The van der Waals surface area contributed by atoms with E-state index in [1.54, 1.807) is 6.20 Å². The molecule has 0 bridgehead atoms. The molecule has 0 fully saturated rings. The van der Waals surface area contributed by atoms with Gasteiger partial charge in [0.25, 0.3) is 0 Å². The predicted octanol–water partition coefficient (Wildman–Crippen LogP) is 2.65. The van der Waals surface area contributed by atoms with Gasteiger partial charge in [-0.2, -0.15) is 0 Å². The monoisotopic (exact) mass is 245 g/mol. The summed E-state index contributed by atoms with van der Waals surface area (Å²) in [6.07, 6.45) is 1.94. The Labute approximate surface area is 107 Å². The first kappa shape index (κ1) is 12.6. The molecule has 1 heterocycles. The summed E-state index contributed by atoms with van der Waals surface area (Å²) in [4.78, 5) is 4.31. The van der Waals surface area contributed by atoms with Gasteiger partial charge in [-0.15, -0.1) is 0 Å². The Kier molecular flexibility index (Phi) is 3.99. The molecule has 96 valence electrons. The van der Waals surface area contributed by atoms with Gasteiger partial charge in [-0.1, -0.05) is 0 Å². The SMILES string of the molecule is CCOC(C)CNc1ccc(N)c2ncccc12. The van der Waals surface area contributed by atoms with E-state index in [2.05, 4.69) is 10.3 Å². The fourth-order valence-corrected chi connectivity index (χ4v) is 1.95. The second-order valence-electron chi connectivity index (χ2n) is 4.25. The number of pyridine rings is 1. The van der Waals surface area contributed by atoms with Crippen LogP contribution in [-0.2, 0) is 4.74 Å². The summed E-state index contributed by atoms with van der Waals surface area (Å²) in [5, 5.41) is 4.42. The molecule has 0 spiro atoms. The molecular formula is C14H19N3O. The number of anilines is 2. The van der Waals surface area contributed by atoms with Gasteiger partial charge in [0.05, 0.1) is 17.3 Å². The van der Waals surface area contributed by atoms with Crippen LogP contribution in [0.5, 0.6) is 0 Å². The van der Waals surface area contributed by atoms with Gasteiger partial charge in [-0.05, 0) is 38.1 Å². The number of nitrogens with two attached hydrogens (primary N) is 1. The van der Waals surface area contributed by atoms with Crippen LogP contribution in [0.2, 0.25) is 0 Å². The fraction of sp³-hybridized carbons (Fsp3) is 0.357. The maximum Gasteiger partial charge on any atom is 0.0951 e. The van der Waals surface area contributed by atoms with E-state index in [9.17, 15) is 0 Å². The maximum atomic E-state index is 5.91. The van der Waals surface area contributed by atoms with E-state index >= 15 is 0 Å². The topological polar surface area (TPSA) is 60.2 Å². The quantitative estimate of drug-likeness (QED) is 0.795. The molecular weight excluding hydrogens is 226 g/mol. The Balaban J connectivity index is 2.21. The zero-order chi connectivity index (χ0) is 13.0. The van der Waals surface area contributed by atoms with Crippen LogP contribution in [0.4, 0.5) is 11.4 Å². The molecule has 2 aromatic rings. The molecule has 0 aliphatic rings. The zero-order valence-corrected chi connectivity index (χ0v) is 10.8. The van der Waals surface area contributed by atoms with Crippen LogP contribution in [0.25, 0.3) is 10.9 Å². The second kappa shape index (κ2) is 5.69. The molecule has 1 aromatic carbocycles. The number of hydrogen-bond acceptors (Lipinski definition) is 4. The fourth-order valence-electron chi connectivity index (χ4n) is 1.95. The van der Waals surface area contributed by atoms with Crippen molar-refractivity contribution in [1.29, 1.82) is 0 Å². The van der Waals surface area contributed by atoms with E-state index in [-0.39, 0.29) is 6.10 Å². The van der Waals surface area contributed by atoms with Crippen molar-refractivity contribution in [1.82, 2.24) is 4.98 Å². The van der Waals surface area contributed by atoms with E-state index < -0.39 is 0 Å². The number of aromatic nitrogens is 1. The van der Waals surface area contributed by atoms with Crippen molar-refractivity contribution in [3.8, 4) is 0 Å². The lowest BCUT2D eigenvalue weighted by molar-refractivity contribution is 0.0855. The van der Waals surface area contributed by atoms with Crippen LogP contribution in [0.3, 0.4) is 0 Å². The number of fused-ring (bicyclic) bond motifs is 1. The van der Waals surface area contributed by atoms with Crippen molar-refractivity contribution in [2.45, 2.75) is 20.0 Å². The van der Waals surface area contributed by atoms with Crippen molar-refractivity contribution in [2.24, 2.45) is 0 Å². The average molecular weight is 245 g/mol. The summed E-state index contributed by atoms with van der Waals surface area (Å²) in [5.74, 6) is 0. The molecule has 18 heavy (non-hydrogen) atoms. The number of hydrogen-bond donors (Lipinski definition) is 2. The third-order valence-corrected chi connectivity index (χ3v) is 2.83. The van der Waals surface area contributed by atoms with Gasteiger partial charge in [-0.25, -0.2) is 0 Å². The largest absolute Gasteiger partial charge is 0.397 e. The standard InChI is InChI=1S/C14H19N3O/c1-3-18-10(2)9-17-13-7-6-12(15)14-11(13)5-4-8-16-14/h4-8,10,17H,3,9,15H2,1-2H3. The number of ether oxygens (including phenoxy) is 1. The molecule has 0 amide bonds. The van der Waals surface area contributed by atoms with Crippen molar-refractivity contribution < 1.29 is 4.74 Å². The van der Waals surface area contributed by atoms with E-state index in [1.807, 2.05) is 38.1 Å². The molecule has 1 atom stereocenters. The highest BCUT2D eigenvalue weighted by atomic mass is 16.5. The molecule has 2 rings (SSSR count). The molecule has 0 aliphatic carbocycles. The van der Waals surface area contributed by atoms with E-state index in [4.69, 9.17) is 10.5 Å². The lowest BCUT2D eigenvalue weighted by atomic mass is 10.1. The summed E-state index contributed by atoms with van der Waals surface area (Å²) < 4.78 is 5.50. The zero-order valence-electron chi connectivity index (χ0n) is 10.8. The van der Waals surface area contributed by atoms with Crippen LogP contribution in [0.15, 0.2) is 30.5 Å². The molecule has 4 nitrogen and oxygen atoms in total. The van der Waals surface area contributed by atoms with Crippen molar-refractivity contribution in [2.75, 3.05) is 24.2 Å². The van der Waals surface area contributed by atoms with Crippen LogP contribution in [0, 0.1) is 0 Å². The molecule has 4 heteroatoms. The number of nitrogens with one attached hydrogen (secondary N) is 1. The molecule has 3 N–H and O–H groups in total. The summed E-state index contributed by atoms with van der Waals surface area (Å²) in [7, 11) is 0. The first-order valence-corrected chi connectivity index (χ1v) is 6.21. The van der Waals surface area contributed by atoms with Crippen molar-refractivity contribution >= 4 is 22.3 Å². The first-order valence-electron chi connectivity index (χ1n) is 6.21. The van der Waals surface area contributed by atoms with Gasteiger partial charge in [0.2, 0.25) is 0 Å². The third-order valence-electron chi connectivity index (χ3n) is 2.83. The lowest BCUT2D eigenvalue weighted by Crippen LogP contribution is -2.19. The Morgan fingerprint density at radius 3 is 3.00 bits per heavy atom. The minimum absolute atomic E-state index is 0.180. The minimum Gasteiger partial charge on any atom is -0.397 e. The number of benzene rings is 1. The van der Waals surface area contributed by atoms with Gasteiger partial charge < -0.3 is 15.8 Å². The highest BCUT2D eigenvalue weighted by Crippen LogP contribution is 2.26. The number of nitrogens with zero attached hydrogens (tertiary/aromatic N) is 1. The third kappa shape index (κ3) is 2.71. The molecule has 0 saturated heterocycles. The Bertz CT molecular complexity index is 527. The summed E-state index contributed by atoms with van der Waals surface area (Å²) in [6.45, 7) is 5.54. The van der Waals surface area contributed by atoms with Crippen LogP contribution < -0.4 is 11.1 Å². The summed E-state index contributed by atoms with van der Waals surface area (Å²) >= 11 is 0. The highest BCUT2D eigenvalue weighted by molar-refractivity contribution is 5.98. The Morgan fingerprint density at radius 1 is 1.39 bits per heavy atom. The van der Waals surface area contributed by atoms with Crippen molar-refractivity contribution in [3.63, 3.8) is 0 Å². The maximum absolute atomic E-state index is 5.91. The first-order chi connectivity index (χ1) is 8.72. The van der Waals surface area contributed by atoms with Gasteiger partial charge in [-0.3, -0.25) is 4.98 Å². The normalized spacial score (nSPS) is 12.6. The molecule has 0 radical (unpaired) electrons. The molecule has 1 aromatic heterocycles. The molecule has 0 saturated carbocycles. The van der Waals surface area contributed by atoms with Gasteiger partial charge >= 0.3 is 0 Å².